The predicted molar refractivity (Wildman–Crippen MR) is 120 cm³/mol. The monoisotopic (exact) mass is 573 g/mol. The number of guanidine groups is 1. The van der Waals surface area contributed by atoms with Gasteiger partial charge in [0.1, 0.15) is 5.75 Å². The number of alkyl halides is 2. The van der Waals surface area contributed by atoms with Crippen LogP contribution in [0.4, 0.5) is 8.78 Å². The van der Waals surface area contributed by atoms with E-state index in [9.17, 15) is 17.2 Å². The van der Waals surface area contributed by atoms with Crippen molar-refractivity contribution in [3.8, 4) is 5.75 Å². The SMILES string of the molecule is CN=C(NCCS(=O)(=O)C(C)(C)C)NCc1cc(Cl)cc(Cl)c1OC(F)F.I. The van der Waals surface area contributed by atoms with Gasteiger partial charge in [0.25, 0.3) is 0 Å². The summed E-state index contributed by atoms with van der Waals surface area (Å²) in [5.41, 5.74) is 0.304. The predicted octanol–water partition coefficient (Wildman–Crippen LogP) is 4.09. The number of benzene rings is 1. The van der Waals surface area contributed by atoms with Crippen molar-refractivity contribution in [1.29, 1.82) is 0 Å². The Morgan fingerprint density at radius 1 is 1.25 bits per heavy atom. The van der Waals surface area contributed by atoms with Crippen molar-refractivity contribution < 1.29 is 21.9 Å². The number of halogens is 5. The van der Waals surface area contributed by atoms with Crippen molar-refractivity contribution >= 4 is 63.0 Å². The molecule has 0 aromatic heterocycles. The first-order valence-corrected chi connectivity index (χ1v) is 10.4. The third kappa shape index (κ3) is 8.42. The van der Waals surface area contributed by atoms with Crippen LogP contribution in [0.3, 0.4) is 0 Å². The van der Waals surface area contributed by atoms with E-state index in [0.717, 1.165) is 0 Å². The molecule has 0 radical (unpaired) electrons. The number of sulfone groups is 1. The molecule has 6 nitrogen and oxygen atoms in total. The van der Waals surface area contributed by atoms with Gasteiger partial charge >= 0.3 is 6.61 Å². The fourth-order valence-corrected chi connectivity index (χ4v) is 3.54. The van der Waals surface area contributed by atoms with E-state index >= 15 is 0 Å². The second-order valence-corrected chi connectivity index (χ2v) is 10.2. The summed E-state index contributed by atoms with van der Waals surface area (Å²) in [5.74, 6) is 0.0208. The minimum atomic E-state index is -3.28. The number of hydrogen-bond donors (Lipinski definition) is 2. The summed E-state index contributed by atoms with van der Waals surface area (Å²) in [5, 5.41) is 5.96. The van der Waals surface area contributed by atoms with Crippen LogP contribution in [0.1, 0.15) is 26.3 Å². The minimum absolute atomic E-state index is 0. The number of hydrogen-bond acceptors (Lipinski definition) is 4. The smallest absolute Gasteiger partial charge is 0.387 e. The Morgan fingerprint density at radius 2 is 1.86 bits per heavy atom. The Kier molecular flexibility index (Phi) is 11.3. The second kappa shape index (κ2) is 11.6. The maximum atomic E-state index is 12.6. The van der Waals surface area contributed by atoms with Crippen LogP contribution in [0, 0.1) is 0 Å². The molecule has 0 bridgehead atoms. The normalized spacial score (nSPS) is 12.5. The molecule has 28 heavy (non-hydrogen) atoms. The van der Waals surface area contributed by atoms with E-state index in [1.165, 1.54) is 19.2 Å². The lowest BCUT2D eigenvalue weighted by Crippen LogP contribution is -2.41. The maximum Gasteiger partial charge on any atom is 0.387 e. The largest absolute Gasteiger partial charge is 0.433 e. The molecule has 1 rings (SSSR count). The zero-order chi connectivity index (χ0) is 20.8. The topological polar surface area (TPSA) is 79.8 Å². The molecule has 0 spiro atoms. The average Bonchev–Trinajstić information content (AvgIpc) is 2.52. The van der Waals surface area contributed by atoms with Gasteiger partial charge in [-0.2, -0.15) is 8.78 Å². The van der Waals surface area contributed by atoms with Crippen molar-refractivity contribution in [1.82, 2.24) is 10.6 Å². The van der Waals surface area contributed by atoms with E-state index in [1.807, 2.05) is 0 Å². The molecule has 162 valence electrons. The van der Waals surface area contributed by atoms with Crippen molar-refractivity contribution in [2.75, 3.05) is 19.3 Å². The van der Waals surface area contributed by atoms with Crippen LogP contribution in [-0.4, -0.2) is 45.1 Å². The zero-order valence-corrected chi connectivity index (χ0v) is 20.5. The van der Waals surface area contributed by atoms with Crippen molar-refractivity contribution in [3.63, 3.8) is 0 Å². The number of aliphatic imine (C=N–C) groups is 1. The summed E-state index contributed by atoms with van der Waals surface area (Å²) in [6.07, 6.45) is 0. The first kappa shape index (κ1) is 27.4. The summed E-state index contributed by atoms with van der Waals surface area (Å²) in [7, 11) is -1.79. The quantitative estimate of drug-likeness (QED) is 0.292. The van der Waals surface area contributed by atoms with E-state index < -0.39 is 21.2 Å². The van der Waals surface area contributed by atoms with Gasteiger partial charge in [-0.1, -0.05) is 23.2 Å². The van der Waals surface area contributed by atoms with Gasteiger partial charge in [-0.15, -0.1) is 24.0 Å². The molecule has 0 atom stereocenters. The highest BCUT2D eigenvalue weighted by Crippen LogP contribution is 2.33. The lowest BCUT2D eigenvalue weighted by Gasteiger charge is -2.20. The molecule has 0 aliphatic rings. The Balaban J connectivity index is 0.00000729. The summed E-state index contributed by atoms with van der Waals surface area (Å²) >= 11 is 11.8. The Labute approximate surface area is 191 Å². The van der Waals surface area contributed by atoms with Crippen molar-refractivity contribution in [3.05, 3.63) is 27.7 Å². The van der Waals surface area contributed by atoms with Crippen LogP contribution in [0.2, 0.25) is 10.0 Å². The second-order valence-electron chi connectivity index (χ2n) is 6.54. The van der Waals surface area contributed by atoms with Gasteiger partial charge in [-0.25, -0.2) is 8.42 Å². The van der Waals surface area contributed by atoms with Gasteiger partial charge in [0.2, 0.25) is 0 Å². The fraction of sp³-hybridized carbons (Fsp3) is 0.562. The number of nitrogens with one attached hydrogen (secondary N) is 2. The fourth-order valence-electron chi connectivity index (χ4n) is 1.98. The van der Waals surface area contributed by atoms with Crippen molar-refractivity contribution in [2.24, 2.45) is 4.99 Å². The summed E-state index contributed by atoms with van der Waals surface area (Å²) in [6, 6.07) is 2.74. The summed E-state index contributed by atoms with van der Waals surface area (Å²) in [6.45, 7) is 2.01. The number of rotatable bonds is 7. The highest BCUT2D eigenvalue weighted by atomic mass is 127. The molecule has 0 aliphatic heterocycles. The van der Waals surface area contributed by atoms with Crippen molar-refractivity contribution in [2.45, 2.75) is 38.7 Å². The molecule has 0 heterocycles. The van der Waals surface area contributed by atoms with Gasteiger partial charge in [0.15, 0.2) is 15.8 Å². The minimum Gasteiger partial charge on any atom is -0.433 e. The first-order valence-electron chi connectivity index (χ1n) is 7.97. The average molecular weight is 574 g/mol. The number of ether oxygens (including phenoxy) is 1. The third-order valence-electron chi connectivity index (χ3n) is 3.56. The van der Waals surface area contributed by atoms with Crippen LogP contribution >= 0.6 is 47.2 Å². The first-order chi connectivity index (χ1) is 12.4. The molecular weight excluding hydrogens is 550 g/mol. The molecule has 0 saturated carbocycles. The van der Waals surface area contributed by atoms with E-state index in [4.69, 9.17) is 23.2 Å². The van der Waals surface area contributed by atoms with Gasteiger partial charge in [-0.3, -0.25) is 4.99 Å². The van der Waals surface area contributed by atoms with Gasteiger partial charge < -0.3 is 15.4 Å². The standard InChI is InChI=1S/C16H23Cl2F2N3O3S.HI/c1-16(2,3)27(24,25)6-5-22-15(21-4)23-9-10-7-11(17)8-12(18)13(10)26-14(19)20;/h7-8,14H,5-6,9H2,1-4H3,(H2,21,22,23);1H. The molecular formula is C16H24Cl2F2IN3O3S. The van der Waals surface area contributed by atoms with Gasteiger partial charge in [0.05, 0.1) is 15.5 Å². The third-order valence-corrected chi connectivity index (χ3v) is 6.66. The lowest BCUT2D eigenvalue weighted by atomic mass is 10.2. The highest BCUT2D eigenvalue weighted by molar-refractivity contribution is 14.0. The van der Waals surface area contributed by atoms with E-state index in [-0.39, 0.29) is 58.6 Å². The molecule has 1 aromatic rings. The van der Waals surface area contributed by atoms with Gasteiger partial charge in [0, 0.05) is 30.7 Å². The molecule has 12 heteroatoms. The van der Waals surface area contributed by atoms with Gasteiger partial charge in [-0.05, 0) is 32.9 Å². The van der Waals surface area contributed by atoms with Crippen LogP contribution in [0.15, 0.2) is 17.1 Å². The Hall–Kier alpha value is -0.590. The van der Waals surface area contributed by atoms with Crippen LogP contribution in [0.25, 0.3) is 0 Å². The van der Waals surface area contributed by atoms with Crippen LogP contribution in [0.5, 0.6) is 5.75 Å². The maximum absolute atomic E-state index is 12.6. The molecule has 0 aliphatic carbocycles. The van der Waals surface area contributed by atoms with Crippen LogP contribution in [-0.2, 0) is 16.4 Å². The van der Waals surface area contributed by atoms with E-state index in [2.05, 4.69) is 20.4 Å². The highest BCUT2D eigenvalue weighted by Gasteiger charge is 2.28. The summed E-state index contributed by atoms with van der Waals surface area (Å²) in [4.78, 5) is 3.96. The molecule has 0 fully saturated rings. The van der Waals surface area contributed by atoms with E-state index in [0.29, 0.717) is 11.5 Å². The molecule has 2 N–H and O–H groups in total. The molecule has 0 saturated heterocycles. The zero-order valence-electron chi connectivity index (χ0n) is 15.9. The Morgan fingerprint density at radius 3 is 2.36 bits per heavy atom. The summed E-state index contributed by atoms with van der Waals surface area (Å²) < 4.78 is 53.0. The van der Waals surface area contributed by atoms with Crippen LogP contribution < -0.4 is 15.4 Å². The lowest BCUT2D eigenvalue weighted by molar-refractivity contribution is -0.0504. The number of nitrogens with zero attached hydrogens (tertiary/aromatic N) is 1. The Bertz CT molecular complexity index is 788. The molecule has 0 unspecified atom stereocenters. The molecule has 1 aromatic carbocycles. The molecule has 0 amide bonds. The van der Waals surface area contributed by atoms with E-state index in [1.54, 1.807) is 20.8 Å².